The van der Waals surface area contributed by atoms with E-state index in [4.69, 9.17) is 5.73 Å². The lowest BCUT2D eigenvalue weighted by Crippen LogP contribution is -2.51. The van der Waals surface area contributed by atoms with E-state index < -0.39 is 0 Å². The maximum absolute atomic E-state index is 11.2. The summed E-state index contributed by atoms with van der Waals surface area (Å²) in [5.41, 5.74) is 5.41. The minimum atomic E-state index is -0.235. The monoisotopic (exact) mass is 186 g/mol. The number of amides is 1. The van der Waals surface area contributed by atoms with Gasteiger partial charge in [-0.1, -0.05) is 20.8 Å². The summed E-state index contributed by atoms with van der Waals surface area (Å²) in [4.78, 5) is 11.2. The second kappa shape index (κ2) is 5.22. The Morgan fingerprint density at radius 3 is 2.38 bits per heavy atom. The highest BCUT2D eigenvalue weighted by atomic mass is 16.1. The molecule has 78 valence electrons. The van der Waals surface area contributed by atoms with E-state index >= 15 is 0 Å². The molecule has 1 amide bonds. The van der Waals surface area contributed by atoms with Crippen LogP contribution in [0.3, 0.4) is 0 Å². The third-order valence-corrected chi connectivity index (χ3v) is 2.07. The summed E-state index contributed by atoms with van der Waals surface area (Å²) in [6, 6.07) is 0. The predicted molar refractivity (Wildman–Crippen MR) is 55.3 cm³/mol. The van der Waals surface area contributed by atoms with E-state index in [1.807, 2.05) is 13.8 Å². The molecular weight excluding hydrogens is 164 g/mol. The van der Waals surface area contributed by atoms with Gasteiger partial charge in [-0.15, -0.1) is 0 Å². The smallest absolute Gasteiger partial charge is 0.220 e. The molecule has 0 aliphatic rings. The van der Waals surface area contributed by atoms with Crippen molar-refractivity contribution in [3.63, 3.8) is 0 Å². The number of hydrogen-bond donors (Lipinski definition) is 2. The van der Waals surface area contributed by atoms with E-state index in [2.05, 4.69) is 19.2 Å². The number of hydrogen-bond acceptors (Lipinski definition) is 2. The molecule has 0 aliphatic carbocycles. The van der Waals surface area contributed by atoms with Gasteiger partial charge in [0.1, 0.15) is 0 Å². The van der Waals surface area contributed by atoms with Crippen LogP contribution in [0.4, 0.5) is 0 Å². The van der Waals surface area contributed by atoms with Crippen molar-refractivity contribution in [2.45, 2.75) is 46.1 Å². The van der Waals surface area contributed by atoms with Crippen LogP contribution >= 0.6 is 0 Å². The molecule has 0 aliphatic heterocycles. The average molecular weight is 186 g/mol. The molecule has 1 unspecified atom stereocenters. The summed E-state index contributed by atoms with van der Waals surface area (Å²) < 4.78 is 0. The molecule has 0 fully saturated rings. The number of nitrogens with one attached hydrogen (secondary N) is 1. The van der Waals surface area contributed by atoms with Gasteiger partial charge in [-0.05, 0) is 19.3 Å². The van der Waals surface area contributed by atoms with Crippen molar-refractivity contribution < 1.29 is 4.79 Å². The van der Waals surface area contributed by atoms with Crippen molar-refractivity contribution >= 4 is 5.91 Å². The Morgan fingerprint density at radius 1 is 1.54 bits per heavy atom. The summed E-state index contributed by atoms with van der Waals surface area (Å²) in [5.74, 6) is 0.624. The summed E-state index contributed by atoms with van der Waals surface area (Å²) in [7, 11) is 0. The van der Waals surface area contributed by atoms with Crippen LogP contribution in [0.25, 0.3) is 0 Å². The molecule has 3 heteroatoms. The van der Waals surface area contributed by atoms with Crippen molar-refractivity contribution in [2.24, 2.45) is 11.7 Å². The maximum Gasteiger partial charge on any atom is 0.220 e. The first-order valence-electron chi connectivity index (χ1n) is 4.94. The van der Waals surface area contributed by atoms with E-state index in [0.717, 1.165) is 6.42 Å². The lowest BCUT2D eigenvalue weighted by Gasteiger charge is -2.31. The molecule has 0 heterocycles. The van der Waals surface area contributed by atoms with Crippen LogP contribution in [-0.2, 0) is 4.79 Å². The lowest BCUT2D eigenvalue weighted by molar-refractivity contribution is -0.122. The molecule has 0 spiro atoms. The summed E-state index contributed by atoms with van der Waals surface area (Å²) in [5, 5.41) is 2.96. The number of rotatable bonds is 5. The highest BCUT2D eigenvalue weighted by molar-refractivity contribution is 5.76. The number of carbonyl (C=O) groups is 1. The molecule has 3 N–H and O–H groups in total. The van der Waals surface area contributed by atoms with Gasteiger partial charge in [-0.25, -0.2) is 0 Å². The Balaban J connectivity index is 4.18. The highest BCUT2D eigenvalue weighted by Gasteiger charge is 2.24. The standard InChI is InChI=1S/C10H22N2O/c1-5-9(13)12-10(4,7-11)6-8(2)3/h8H,5-7,11H2,1-4H3,(H,12,13). The minimum Gasteiger partial charge on any atom is -0.350 e. The highest BCUT2D eigenvalue weighted by Crippen LogP contribution is 2.15. The van der Waals surface area contributed by atoms with Crippen LogP contribution in [0.5, 0.6) is 0 Å². The fourth-order valence-corrected chi connectivity index (χ4v) is 1.51. The molecular formula is C10H22N2O. The van der Waals surface area contributed by atoms with Crippen molar-refractivity contribution in [1.29, 1.82) is 0 Å². The molecule has 0 aromatic heterocycles. The Labute approximate surface area is 81.1 Å². The van der Waals surface area contributed by atoms with Crippen LogP contribution in [0.1, 0.15) is 40.5 Å². The van der Waals surface area contributed by atoms with E-state index in [0.29, 0.717) is 18.9 Å². The van der Waals surface area contributed by atoms with Crippen LogP contribution in [-0.4, -0.2) is 18.0 Å². The van der Waals surface area contributed by atoms with E-state index in [1.54, 1.807) is 0 Å². The van der Waals surface area contributed by atoms with Gasteiger partial charge >= 0.3 is 0 Å². The first kappa shape index (κ1) is 12.4. The van der Waals surface area contributed by atoms with Gasteiger partial charge < -0.3 is 11.1 Å². The second-order valence-electron chi connectivity index (χ2n) is 4.26. The van der Waals surface area contributed by atoms with E-state index in [-0.39, 0.29) is 11.4 Å². The van der Waals surface area contributed by atoms with Crippen molar-refractivity contribution in [2.75, 3.05) is 6.54 Å². The molecule has 1 atom stereocenters. The number of nitrogens with two attached hydrogens (primary N) is 1. The zero-order valence-electron chi connectivity index (χ0n) is 9.18. The average Bonchev–Trinajstić information content (AvgIpc) is 2.02. The van der Waals surface area contributed by atoms with Gasteiger partial charge in [-0.3, -0.25) is 4.79 Å². The quantitative estimate of drug-likeness (QED) is 0.679. The Bertz CT molecular complexity index is 168. The summed E-state index contributed by atoms with van der Waals surface area (Å²) >= 11 is 0. The van der Waals surface area contributed by atoms with E-state index in [9.17, 15) is 4.79 Å². The molecule has 0 aromatic carbocycles. The maximum atomic E-state index is 11.2. The molecule has 13 heavy (non-hydrogen) atoms. The van der Waals surface area contributed by atoms with Gasteiger partial charge in [-0.2, -0.15) is 0 Å². The normalized spacial score (nSPS) is 15.5. The predicted octanol–water partition coefficient (Wildman–Crippen LogP) is 1.28. The lowest BCUT2D eigenvalue weighted by atomic mass is 9.90. The number of carbonyl (C=O) groups excluding carboxylic acids is 1. The second-order valence-corrected chi connectivity index (χ2v) is 4.26. The third-order valence-electron chi connectivity index (χ3n) is 2.07. The van der Waals surface area contributed by atoms with Gasteiger partial charge in [0, 0.05) is 18.5 Å². The summed E-state index contributed by atoms with van der Waals surface area (Å²) in [6.07, 6.45) is 1.45. The van der Waals surface area contributed by atoms with Gasteiger partial charge in [0.25, 0.3) is 0 Å². The minimum absolute atomic E-state index is 0.0774. The molecule has 3 nitrogen and oxygen atoms in total. The van der Waals surface area contributed by atoms with E-state index in [1.165, 1.54) is 0 Å². The molecule has 0 radical (unpaired) electrons. The van der Waals surface area contributed by atoms with Crippen molar-refractivity contribution in [1.82, 2.24) is 5.32 Å². The molecule has 0 rings (SSSR count). The first-order valence-corrected chi connectivity index (χ1v) is 4.94. The third kappa shape index (κ3) is 4.88. The Morgan fingerprint density at radius 2 is 2.08 bits per heavy atom. The topological polar surface area (TPSA) is 55.1 Å². The molecule has 0 saturated heterocycles. The molecule has 0 bridgehead atoms. The van der Waals surface area contributed by atoms with Gasteiger partial charge in [0.05, 0.1) is 0 Å². The fraction of sp³-hybridized carbons (Fsp3) is 0.900. The van der Waals surface area contributed by atoms with Crippen LogP contribution in [0.2, 0.25) is 0 Å². The van der Waals surface area contributed by atoms with Crippen LogP contribution in [0.15, 0.2) is 0 Å². The zero-order chi connectivity index (χ0) is 10.5. The Kier molecular flexibility index (Phi) is 4.99. The molecule has 0 saturated carbocycles. The SMILES string of the molecule is CCC(=O)NC(C)(CN)CC(C)C. The van der Waals surface area contributed by atoms with Crippen LogP contribution in [0, 0.1) is 5.92 Å². The fourth-order valence-electron chi connectivity index (χ4n) is 1.51. The van der Waals surface area contributed by atoms with Crippen molar-refractivity contribution in [3.05, 3.63) is 0 Å². The van der Waals surface area contributed by atoms with Gasteiger partial charge in [0.15, 0.2) is 0 Å². The molecule has 0 aromatic rings. The zero-order valence-corrected chi connectivity index (χ0v) is 9.18. The van der Waals surface area contributed by atoms with Gasteiger partial charge in [0.2, 0.25) is 5.91 Å². The summed E-state index contributed by atoms with van der Waals surface area (Å²) in [6.45, 7) is 8.61. The van der Waals surface area contributed by atoms with Crippen LogP contribution < -0.4 is 11.1 Å². The first-order chi connectivity index (χ1) is 5.93. The Hall–Kier alpha value is -0.570. The van der Waals surface area contributed by atoms with Crippen molar-refractivity contribution in [3.8, 4) is 0 Å². The largest absolute Gasteiger partial charge is 0.350 e.